The van der Waals surface area contributed by atoms with E-state index in [1.54, 1.807) is 12.1 Å². The quantitative estimate of drug-likeness (QED) is 0.590. The van der Waals surface area contributed by atoms with Crippen LogP contribution >= 0.6 is 45.2 Å². The summed E-state index contributed by atoms with van der Waals surface area (Å²) in [6.07, 6.45) is 1.58. The highest BCUT2D eigenvalue weighted by Crippen LogP contribution is 2.28. The van der Waals surface area contributed by atoms with Crippen LogP contribution in [0.3, 0.4) is 0 Å². The number of carbonyl (C=O) groups is 1. The average Bonchev–Trinajstić information content (AvgIpc) is 2.15. The number of benzene rings is 1. The fourth-order valence-electron chi connectivity index (χ4n) is 1.01. The second-order valence-electron chi connectivity index (χ2n) is 2.67. The lowest BCUT2D eigenvalue weighted by Crippen LogP contribution is -2.05. The summed E-state index contributed by atoms with van der Waals surface area (Å²) in [5, 5.41) is 9.00. The topological polar surface area (TPSA) is 46.5 Å². The summed E-state index contributed by atoms with van der Waals surface area (Å²) in [5.74, 6) is -0.575. The first-order chi connectivity index (χ1) is 7.06. The van der Waals surface area contributed by atoms with Gasteiger partial charge in [0.25, 0.3) is 0 Å². The third-order valence-corrected chi connectivity index (χ3v) is 3.01. The Morgan fingerprint density at radius 3 is 2.73 bits per heavy atom. The van der Waals surface area contributed by atoms with Gasteiger partial charge in [0, 0.05) is 3.57 Å². The van der Waals surface area contributed by atoms with Gasteiger partial charge in [-0.05, 0) is 57.3 Å². The van der Waals surface area contributed by atoms with Crippen molar-refractivity contribution in [1.82, 2.24) is 0 Å². The largest absolute Gasteiger partial charge is 0.488 e. The highest BCUT2D eigenvalue weighted by Gasteiger charge is 2.15. The van der Waals surface area contributed by atoms with Gasteiger partial charge >= 0.3 is 5.97 Å². The fraction of sp³-hybridized carbons (Fsp3) is 0.100. The zero-order valence-corrected chi connectivity index (χ0v) is 12.0. The first kappa shape index (κ1) is 12.8. The molecule has 0 amide bonds. The SMILES string of the molecule is C=CCOc1c(I)cc(I)cc1C(=O)O. The highest BCUT2D eigenvalue weighted by molar-refractivity contribution is 14.1. The Morgan fingerprint density at radius 2 is 2.20 bits per heavy atom. The van der Waals surface area contributed by atoms with E-state index in [-0.39, 0.29) is 5.56 Å². The van der Waals surface area contributed by atoms with E-state index in [1.807, 2.05) is 6.07 Å². The van der Waals surface area contributed by atoms with E-state index >= 15 is 0 Å². The highest BCUT2D eigenvalue weighted by atomic mass is 127. The van der Waals surface area contributed by atoms with Crippen molar-refractivity contribution in [1.29, 1.82) is 0 Å². The van der Waals surface area contributed by atoms with E-state index < -0.39 is 5.97 Å². The van der Waals surface area contributed by atoms with Gasteiger partial charge in [-0.1, -0.05) is 12.7 Å². The van der Waals surface area contributed by atoms with Crippen molar-refractivity contribution in [2.75, 3.05) is 6.61 Å². The number of ether oxygens (including phenoxy) is 1. The van der Waals surface area contributed by atoms with Crippen molar-refractivity contribution in [3.8, 4) is 5.75 Å². The Hall–Kier alpha value is -0.310. The number of carboxylic acids is 1. The third-order valence-electron chi connectivity index (χ3n) is 1.58. The molecule has 0 unspecified atom stereocenters. The molecule has 1 N–H and O–H groups in total. The average molecular weight is 430 g/mol. The van der Waals surface area contributed by atoms with Crippen molar-refractivity contribution >= 4 is 51.2 Å². The molecule has 0 aromatic heterocycles. The second kappa shape index (κ2) is 5.69. The predicted octanol–water partition coefficient (Wildman–Crippen LogP) is 3.16. The molecule has 0 saturated heterocycles. The lowest BCUT2D eigenvalue weighted by atomic mass is 10.2. The van der Waals surface area contributed by atoms with Crippen LogP contribution in [-0.4, -0.2) is 17.7 Å². The summed E-state index contributed by atoms with van der Waals surface area (Å²) in [4.78, 5) is 11.0. The van der Waals surface area contributed by atoms with Crippen LogP contribution in [0.25, 0.3) is 0 Å². The maximum absolute atomic E-state index is 11.0. The van der Waals surface area contributed by atoms with Crippen LogP contribution in [0.5, 0.6) is 5.75 Å². The molecule has 0 atom stereocenters. The van der Waals surface area contributed by atoms with Gasteiger partial charge in [0.15, 0.2) is 0 Å². The fourth-order valence-corrected chi connectivity index (χ4v) is 3.01. The zero-order valence-electron chi connectivity index (χ0n) is 7.67. The maximum atomic E-state index is 11.0. The number of aromatic carboxylic acids is 1. The van der Waals surface area contributed by atoms with E-state index in [9.17, 15) is 4.79 Å². The summed E-state index contributed by atoms with van der Waals surface area (Å²) in [7, 11) is 0. The first-order valence-electron chi connectivity index (χ1n) is 4.02. The molecule has 3 nitrogen and oxygen atoms in total. The molecule has 5 heteroatoms. The summed E-state index contributed by atoms with van der Waals surface area (Å²) in [5.41, 5.74) is 0.188. The standard InChI is InChI=1S/C10H8I2O3/c1-2-3-15-9-7(10(13)14)4-6(11)5-8(9)12/h2,4-5H,1,3H2,(H,13,14). The van der Waals surface area contributed by atoms with Crippen LogP contribution in [0.2, 0.25) is 0 Å². The summed E-state index contributed by atoms with van der Waals surface area (Å²) in [6, 6.07) is 3.45. The van der Waals surface area contributed by atoms with Gasteiger partial charge in [0.1, 0.15) is 17.9 Å². The Kier molecular flexibility index (Phi) is 4.84. The van der Waals surface area contributed by atoms with Gasteiger partial charge in [0.05, 0.1) is 3.57 Å². The molecular formula is C10H8I2O3. The summed E-state index contributed by atoms with van der Waals surface area (Å²) < 4.78 is 6.99. The van der Waals surface area contributed by atoms with Gasteiger partial charge < -0.3 is 9.84 Å². The molecule has 0 saturated carbocycles. The number of hydrogen-bond donors (Lipinski definition) is 1. The van der Waals surface area contributed by atoms with Crippen LogP contribution in [-0.2, 0) is 0 Å². The Labute approximate surface area is 115 Å². The second-order valence-corrected chi connectivity index (χ2v) is 5.08. The normalized spacial score (nSPS) is 9.73. The summed E-state index contributed by atoms with van der Waals surface area (Å²) in [6.45, 7) is 3.82. The van der Waals surface area contributed by atoms with Crippen LogP contribution in [0.1, 0.15) is 10.4 Å². The van der Waals surface area contributed by atoms with Crippen molar-refractivity contribution < 1.29 is 14.6 Å². The molecule has 15 heavy (non-hydrogen) atoms. The van der Waals surface area contributed by atoms with Gasteiger partial charge in [-0.3, -0.25) is 0 Å². The monoisotopic (exact) mass is 430 g/mol. The Morgan fingerprint density at radius 1 is 1.53 bits per heavy atom. The molecule has 1 aromatic carbocycles. The van der Waals surface area contributed by atoms with Crippen molar-refractivity contribution in [2.45, 2.75) is 0 Å². The van der Waals surface area contributed by atoms with Crippen molar-refractivity contribution in [3.05, 3.63) is 37.5 Å². The minimum absolute atomic E-state index is 0.188. The first-order valence-corrected chi connectivity index (χ1v) is 6.18. The molecule has 0 fully saturated rings. The Balaban J connectivity index is 3.20. The van der Waals surface area contributed by atoms with Crippen molar-refractivity contribution in [3.63, 3.8) is 0 Å². The molecule has 0 bridgehead atoms. The van der Waals surface area contributed by atoms with Crippen LogP contribution in [0, 0.1) is 7.14 Å². The number of hydrogen-bond acceptors (Lipinski definition) is 2. The molecule has 0 aliphatic rings. The lowest BCUT2D eigenvalue weighted by Gasteiger charge is -2.09. The molecule has 0 spiro atoms. The van der Waals surface area contributed by atoms with Crippen molar-refractivity contribution in [2.24, 2.45) is 0 Å². The molecule has 1 aromatic rings. The zero-order chi connectivity index (χ0) is 11.4. The van der Waals surface area contributed by atoms with Crippen LogP contribution in [0.4, 0.5) is 0 Å². The number of halogens is 2. The van der Waals surface area contributed by atoms with Crippen LogP contribution < -0.4 is 4.74 Å². The van der Waals surface area contributed by atoms with Gasteiger partial charge in [-0.25, -0.2) is 4.79 Å². The van der Waals surface area contributed by atoms with E-state index in [2.05, 4.69) is 51.8 Å². The summed E-state index contributed by atoms with van der Waals surface area (Å²) >= 11 is 4.13. The minimum atomic E-state index is -0.981. The molecule has 0 heterocycles. The predicted molar refractivity (Wildman–Crippen MR) is 74.5 cm³/mol. The van der Waals surface area contributed by atoms with Gasteiger partial charge in [-0.2, -0.15) is 0 Å². The number of rotatable bonds is 4. The minimum Gasteiger partial charge on any atom is -0.488 e. The van der Waals surface area contributed by atoms with E-state index in [0.29, 0.717) is 12.4 Å². The van der Waals surface area contributed by atoms with Gasteiger partial charge in [0.2, 0.25) is 0 Å². The lowest BCUT2D eigenvalue weighted by molar-refractivity contribution is 0.0692. The molecule has 0 aliphatic heterocycles. The molecule has 0 radical (unpaired) electrons. The molecule has 0 aliphatic carbocycles. The van der Waals surface area contributed by atoms with E-state index in [0.717, 1.165) is 7.14 Å². The van der Waals surface area contributed by atoms with E-state index in [4.69, 9.17) is 9.84 Å². The Bertz CT molecular complexity index is 402. The van der Waals surface area contributed by atoms with Crippen LogP contribution in [0.15, 0.2) is 24.8 Å². The molecule has 80 valence electrons. The smallest absolute Gasteiger partial charge is 0.339 e. The maximum Gasteiger partial charge on any atom is 0.339 e. The third kappa shape index (κ3) is 3.33. The van der Waals surface area contributed by atoms with Gasteiger partial charge in [-0.15, -0.1) is 0 Å². The molecule has 1 rings (SSSR count). The van der Waals surface area contributed by atoms with E-state index in [1.165, 1.54) is 0 Å². The number of carboxylic acid groups (broad SMARTS) is 1. The molecular weight excluding hydrogens is 422 g/mol.